The SMILES string of the molecule is CCCn1c(C(C)N(C)C(=O)Nc2ccc(Cl)cc2Cl)nc2ccccc2c1=O. The molecule has 0 spiro atoms. The molecule has 6 nitrogen and oxygen atoms in total. The molecule has 0 aliphatic heterocycles. The second-order valence-corrected chi connectivity index (χ2v) is 7.63. The number of anilines is 1. The lowest BCUT2D eigenvalue weighted by atomic mass is 10.2. The second kappa shape index (κ2) is 8.84. The monoisotopic (exact) mass is 432 g/mol. The molecule has 1 unspecified atom stereocenters. The second-order valence-electron chi connectivity index (χ2n) is 6.79. The Morgan fingerprint density at radius 3 is 2.66 bits per heavy atom. The summed E-state index contributed by atoms with van der Waals surface area (Å²) in [5, 5.41) is 4.17. The van der Waals surface area contributed by atoms with E-state index in [1.807, 2.05) is 26.0 Å². The van der Waals surface area contributed by atoms with Crippen LogP contribution in [0, 0.1) is 0 Å². The van der Waals surface area contributed by atoms with E-state index in [0.29, 0.717) is 39.0 Å². The number of benzene rings is 2. The van der Waals surface area contributed by atoms with Crippen molar-refractivity contribution in [1.29, 1.82) is 0 Å². The number of nitrogens with zero attached hydrogens (tertiary/aromatic N) is 3. The topological polar surface area (TPSA) is 67.2 Å². The highest BCUT2D eigenvalue weighted by atomic mass is 35.5. The van der Waals surface area contributed by atoms with Gasteiger partial charge in [0, 0.05) is 18.6 Å². The van der Waals surface area contributed by atoms with Crippen LogP contribution in [0.5, 0.6) is 0 Å². The molecule has 152 valence electrons. The van der Waals surface area contributed by atoms with E-state index in [0.717, 1.165) is 6.42 Å². The molecule has 0 saturated heterocycles. The van der Waals surface area contributed by atoms with E-state index in [4.69, 9.17) is 28.2 Å². The molecule has 1 aromatic heterocycles. The molecule has 2 aromatic carbocycles. The molecule has 0 fully saturated rings. The molecule has 3 aromatic rings. The van der Waals surface area contributed by atoms with E-state index in [1.165, 1.54) is 4.90 Å². The molecule has 0 aliphatic rings. The zero-order chi connectivity index (χ0) is 21.1. The molecule has 0 bridgehead atoms. The first-order chi connectivity index (χ1) is 13.8. The first-order valence-corrected chi connectivity index (χ1v) is 10.1. The van der Waals surface area contributed by atoms with Crippen LogP contribution in [0.4, 0.5) is 10.5 Å². The molecule has 0 radical (unpaired) electrons. The Kier molecular flexibility index (Phi) is 6.45. The zero-order valence-corrected chi connectivity index (χ0v) is 18.0. The van der Waals surface area contributed by atoms with Crippen LogP contribution in [0.25, 0.3) is 10.9 Å². The number of para-hydroxylation sites is 1. The van der Waals surface area contributed by atoms with Gasteiger partial charge in [-0.05, 0) is 43.7 Å². The molecule has 0 saturated carbocycles. The maximum Gasteiger partial charge on any atom is 0.322 e. The number of amides is 2. The molecule has 1 N–H and O–H groups in total. The number of fused-ring (bicyclic) bond motifs is 1. The molecule has 3 rings (SSSR count). The molecule has 1 atom stereocenters. The largest absolute Gasteiger partial charge is 0.322 e. The molecule has 0 aliphatic carbocycles. The van der Waals surface area contributed by atoms with Crippen molar-refractivity contribution in [3.05, 3.63) is 68.7 Å². The quantitative estimate of drug-likeness (QED) is 0.591. The van der Waals surface area contributed by atoms with E-state index in [-0.39, 0.29) is 11.6 Å². The molecular weight excluding hydrogens is 411 g/mol. The fourth-order valence-corrected chi connectivity index (χ4v) is 3.54. The number of halogens is 2. The summed E-state index contributed by atoms with van der Waals surface area (Å²) in [6, 6.07) is 11.3. The zero-order valence-electron chi connectivity index (χ0n) is 16.4. The first kappa shape index (κ1) is 21.1. The van der Waals surface area contributed by atoms with Crippen molar-refractivity contribution in [2.75, 3.05) is 12.4 Å². The van der Waals surface area contributed by atoms with Gasteiger partial charge in [-0.25, -0.2) is 9.78 Å². The summed E-state index contributed by atoms with van der Waals surface area (Å²) in [7, 11) is 1.65. The fourth-order valence-electron chi connectivity index (χ4n) is 3.09. The van der Waals surface area contributed by atoms with Crippen molar-refractivity contribution in [2.24, 2.45) is 0 Å². The van der Waals surface area contributed by atoms with Crippen LogP contribution in [0.1, 0.15) is 32.1 Å². The average molecular weight is 433 g/mol. The maximum absolute atomic E-state index is 13.0. The van der Waals surface area contributed by atoms with E-state index in [2.05, 4.69) is 5.32 Å². The Hall–Kier alpha value is -2.57. The Balaban J connectivity index is 1.94. The number of hydrogen-bond donors (Lipinski definition) is 1. The standard InChI is InChI=1S/C21H22Cl2N4O2/c1-4-11-27-19(24-17-8-6-5-7-15(17)20(27)28)13(2)26(3)21(29)25-18-10-9-14(22)12-16(18)23/h5-10,12-13H,4,11H2,1-3H3,(H,25,29). The fraction of sp³-hybridized carbons (Fsp3) is 0.286. The van der Waals surface area contributed by atoms with E-state index in [9.17, 15) is 9.59 Å². The predicted octanol–water partition coefficient (Wildman–Crippen LogP) is 5.34. The number of rotatable bonds is 5. The summed E-state index contributed by atoms with van der Waals surface area (Å²) in [4.78, 5) is 32.0. The van der Waals surface area contributed by atoms with Gasteiger partial charge in [0.1, 0.15) is 5.82 Å². The predicted molar refractivity (Wildman–Crippen MR) is 118 cm³/mol. The third kappa shape index (κ3) is 4.38. The van der Waals surface area contributed by atoms with Crippen LogP contribution < -0.4 is 10.9 Å². The molecule has 2 amide bonds. The number of urea groups is 1. The highest BCUT2D eigenvalue weighted by Crippen LogP contribution is 2.26. The van der Waals surface area contributed by atoms with Gasteiger partial charge in [0.15, 0.2) is 0 Å². The van der Waals surface area contributed by atoms with Gasteiger partial charge in [-0.1, -0.05) is 42.3 Å². The summed E-state index contributed by atoms with van der Waals surface area (Å²) in [6.45, 7) is 4.36. The smallest absolute Gasteiger partial charge is 0.318 e. The van der Waals surface area contributed by atoms with Gasteiger partial charge in [0.25, 0.3) is 5.56 Å². The number of nitrogens with one attached hydrogen (secondary N) is 1. The molecule has 1 heterocycles. The highest BCUT2D eigenvalue weighted by molar-refractivity contribution is 6.36. The minimum absolute atomic E-state index is 0.103. The van der Waals surface area contributed by atoms with Crippen molar-refractivity contribution in [1.82, 2.24) is 14.5 Å². The van der Waals surface area contributed by atoms with Crippen LogP contribution in [0.2, 0.25) is 10.0 Å². The van der Waals surface area contributed by atoms with Gasteiger partial charge >= 0.3 is 6.03 Å². The lowest BCUT2D eigenvalue weighted by Crippen LogP contribution is -2.37. The maximum atomic E-state index is 13.0. The van der Waals surface area contributed by atoms with Crippen LogP contribution in [-0.4, -0.2) is 27.5 Å². The van der Waals surface area contributed by atoms with E-state index >= 15 is 0 Å². The molecule has 29 heavy (non-hydrogen) atoms. The van der Waals surface area contributed by atoms with Gasteiger partial charge in [-0.15, -0.1) is 0 Å². The minimum Gasteiger partial charge on any atom is -0.318 e. The summed E-state index contributed by atoms with van der Waals surface area (Å²) in [5.41, 5.74) is 0.965. The average Bonchev–Trinajstić information content (AvgIpc) is 2.71. The minimum atomic E-state index is -0.440. The van der Waals surface area contributed by atoms with Crippen molar-refractivity contribution >= 4 is 45.8 Å². The van der Waals surface area contributed by atoms with Crippen LogP contribution in [-0.2, 0) is 6.54 Å². The lowest BCUT2D eigenvalue weighted by Gasteiger charge is -2.27. The van der Waals surface area contributed by atoms with Crippen molar-refractivity contribution < 1.29 is 4.79 Å². The Labute approximate surface area is 179 Å². The number of carbonyl (C=O) groups is 1. The third-order valence-electron chi connectivity index (χ3n) is 4.79. The number of carbonyl (C=O) groups excluding carboxylic acids is 1. The molecular formula is C21H22Cl2N4O2. The Morgan fingerprint density at radius 1 is 1.24 bits per heavy atom. The third-order valence-corrected chi connectivity index (χ3v) is 5.33. The van der Waals surface area contributed by atoms with Gasteiger partial charge in [-0.2, -0.15) is 0 Å². The summed E-state index contributed by atoms with van der Waals surface area (Å²) < 4.78 is 1.64. The summed E-state index contributed by atoms with van der Waals surface area (Å²) >= 11 is 12.1. The van der Waals surface area contributed by atoms with Crippen LogP contribution >= 0.6 is 23.2 Å². The number of aromatic nitrogens is 2. The lowest BCUT2D eigenvalue weighted by molar-refractivity contribution is 0.204. The Bertz CT molecular complexity index is 1110. The van der Waals surface area contributed by atoms with E-state index in [1.54, 1.807) is 41.9 Å². The van der Waals surface area contributed by atoms with Crippen LogP contribution in [0.15, 0.2) is 47.3 Å². The Morgan fingerprint density at radius 2 is 1.97 bits per heavy atom. The van der Waals surface area contributed by atoms with Crippen molar-refractivity contribution in [3.8, 4) is 0 Å². The summed E-state index contributed by atoms with van der Waals surface area (Å²) in [5.74, 6) is 0.537. The normalized spacial score (nSPS) is 12.0. The van der Waals surface area contributed by atoms with Crippen LogP contribution in [0.3, 0.4) is 0 Å². The van der Waals surface area contributed by atoms with Gasteiger partial charge in [-0.3, -0.25) is 9.36 Å². The van der Waals surface area contributed by atoms with Crippen molar-refractivity contribution in [2.45, 2.75) is 32.9 Å². The summed E-state index contributed by atoms with van der Waals surface area (Å²) in [6.07, 6.45) is 0.774. The van der Waals surface area contributed by atoms with E-state index < -0.39 is 6.04 Å². The first-order valence-electron chi connectivity index (χ1n) is 9.31. The van der Waals surface area contributed by atoms with Crippen molar-refractivity contribution in [3.63, 3.8) is 0 Å². The number of hydrogen-bond acceptors (Lipinski definition) is 3. The van der Waals surface area contributed by atoms with Gasteiger partial charge in [0.05, 0.1) is 27.7 Å². The van der Waals surface area contributed by atoms with Gasteiger partial charge in [0.2, 0.25) is 0 Å². The van der Waals surface area contributed by atoms with Gasteiger partial charge < -0.3 is 10.2 Å². The molecule has 8 heteroatoms. The highest BCUT2D eigenvalue weighted by Gasteiger charge is 2.23.